The van der Waals surface area contributed by atoms with E-state index in [2.05, 4.69) is 53.0 Å². The summed E-state index contributed by atoms with van der Waals surface area (Å²) in [5.41, 5.74) is 0.250. The van der Waals surface area contributed by atoms with Crippen LogP contribution in [0.1, 0.15) is 76.1 Å². The molecule has 0 radical (unpaired) electrons. The number of fused-ring (bicyclic) bond motifs is 5. The van der Waals surface area contributed by atoms with Crippen molar-refractivity contribution in [2.45, 2.75) is 94.6 Å². The molecule has 2 aromatic heterocycles. The van der Waals surface area contributed by atoms with E-state index in [9.17, 15) is 22.8 Å². The van der Waals surface area contributed by atoms with Crippen LogP contribution < -0.4 is 14.8 Å². The molecule has 1 aromatic carbocycles. The summed E-state index contributed by atoms with van der Waals surface area (Å²) in [6.07, 6.45) is 9.45. The van der Waals surface area contributed by atoms with Crippen LogP contribution in [0.25, 0.3) is 16.8 Å². The van der Waals surface area contributed by atoms with Gasteiger partial charge >= 0.3 is 0 Å². The first kappa shape index (κ1) is 35.3. The quantitative estimate of drug-likeness (QED) is 0.326. The maximum atomic E-state index is 14.6. The molecule has 5 atom stereocenters. The number of benzene rings is 1. The molecule has 4 aliphatic rings. The van der Waals surface area contributed by atoms with E-state index in [1.165, 1.54) is 0 Å². The van der Waals surface area contributed by atoms with Gasteiger partial charge in [0.2, 0.25) is 27.7 Å². The molecular weight excluding hydrogens is 687 g/mol. The number of sulfonamides is 1. The molecule has 4 heterocycles. The highest BCUT2D eigenvalue weighted by Gasteiger charge is 2.62. The Kier molecular flexibility index (Phi) is 9.10. The second kappa shape index (κ2) is 13.1. The van der Waals surface area contributed by atoms with Crippen molar-refractivity contribution < 1.29 is 27.5 Å². The second-order valence-corrected chi connectivity index (χ2v) is 18.3. The monoisotopic (exact) mass is 731 g/mol. The van der Waals surface area contributed by atoms with Gasteiger partial charge < -0.3 is 15.0 Å². The highest BCUT2D eigenvalue weighted by Crippen LogP contribution is 2.46. The Labute approximate surface area is 303 Å². The summed E-state index contributed by atoms with van der Waals surface area (Å²) in [6, 6.07) is 7.04. The molecule has 11 nitrogen and oxygen atoms in total. The van der Waals surface area contributed by atoms with Crippen molar-refractivity contribution in [3.63, 3.8) is 0 Å². The standard InChI is InChI=1S/C38H45N5O6S2/c1-6-25-19-38(25,36(46)42-51(47,48)27-11-12-27)41-33(44)30-17-26-20-43(30)35(45)28(22(2)3)18-32-40-31(21-50-32)37(4,5)14-7-8-23-9-10-24-13-15-39-34(49-26)29(24)16-23/h6-10,13,15-16,21-22,25-28,30H,1,11-12,14,17-20H2,2-5H3,(H,41,44)(H,42,46)/b8-7+/t25-,26-,28+,30+,38-/m1/s1. The molecule has 0 unspecified atom stereocenters. The molecule has 0 spiro atoms. The number of carbonyl (C=O) groups is 3. The van der Waals surface area contributed by atoms with Gasteiger partial charge in [0.05, 0.1) is 22.5 Å². The zero-order valence-electron chi connectivity index (χ0n) is 29.4. The van der Waals surface area contributed by atoms with Gasteiger partial charge in [0.1, 0.15) is 17.7 Å². The molecule has 51 heavy (non-hydrogen) atoms. The van der Waals surface area contributed by atoms with Crippen LogP contribution in [-0.4, -0.2) is 70.5 Å². The minimum Gasteiger partial charge on any atom is -0.472 e. The Balaban J connectivity index is 1.24. The molecule has 1 saturated heterocycles. The van der Waals surface area contributed by atoms with Crippen LogP contribution >= 0.6 is 11.3 Å². The summed E-state index contributed by atoms with van der Waals surface area (Å²) in [7, 11) is -3.85. The molecule has 2 aliphatic carbocycles. The SMILES string of the molecule is C=C[C@@H]1C[C@]1(NC(=O)[C@@H]1C[C@@H]2CN1C(=O)[C@H](C(C)C)Cc1nc(cs1)C(C)(C)C/C=C/c1ccc3ccnc(c3c1)O2)C(=O)NS(=O)(=O)C1CC1. The lowest BCUT2D eigenvalue weighted by Crippen LogP contribution is -2.57. The van der Waals surface area contributed by atoms with Crippen LogP contribution in [-0.2, 0) is 36.2 Å². The summed E-state index contributed by atoms with van der Waals surface area (Å²) >= 11 is 1.54. The van der Waals surface area contributed by atoms with Gasteiger partial charge in [-0.25, -0.2) is 18.4 Å². The van der Waals surface area contributed by atoms with E-state index in [4.69, 9.17) is 9.72 Å². The lowest BCUT2D eigenvalue weighted by Gasteiger charge is -2.30. The van der Waals surface area contributed by atoms with Crippen LogP contribution in [0.4, 0.5) is 0 Å². The van der Waals surface area contributed by atoms with E-state index in [1.807, 2.05) is 38.1 Å². The Morgan fingerprint density at radius 1 is 1.20 bits per heavy atom. The van der Waals surface area contributed by atoms with E-state index >= 15 is 0 Å². The smallest absolute Gasteiger partial charge is 0.259 e. The third-order valence-electron chi connectivity index (χ3n) is 10.8. The maximum Gasteiger partial charge on any atom is 0.259 e. The summed E-state index contributed by atoms with van der Waals surface area (Å²) in [5.74, 6) is -2.09. The Morgan fingerprint density at radius 2 is 1.98 bits per heavy atom. The fourth-order valence-electron chi connectivity index (χ4n) is 7.23. The molecule has 13 heteroatoms. The molecule has 3 aromatic rings. The number of allylic oxidation sites excluding steroid dienone is 1. The fraction of sp³-hybridized carbons (Fsp3) is 0.500. The molecule has 3 fully saturated rings. The second-order valence-electron chi connectivity index (χ2n) is 15.4. The number of thiazole rings is 1. The Bertz CT molecular complexity index is 2040. The number of nitrogens with one attached hydrogen (secondary N) is 2. The van der Waals surface area contributed by atoms with Crippen molar-refractivity contribution in [3.8, 4) is 5.88 Å². The molecule has 270 valence electrons. The number of rotatable bonds is 7. The van der Waals surface area contributed by atoms with Crippen molar-refractivity contribution in [1.82, 2.24) is 24.9 Å². The Hall–Kier alpha value is -4.10. The molecule has 2 N–H and O–H groups in total. The molecule has 7 rings (SSSR count). The van der Waals surface area contributed by atoms with Gasteiger partial charge in [-0.2, -0.15) is 0 Å². The predicted octanol–water partition coefficient (Wildman–Crippen LogP) is 4.92. The van der Waals surface area contributed by atoms with E-state index in [0.29, 0.717) is 25.1 Å². The van der Waals surface area contributed by atoms with Gasteiger partial charge in [-0.1, -0.05) is 58.1 Å². The third-order valence-corrected chi connectivity index (χ3v) is 13.5. The predicted molar refractivity (Wildman–Crippen MR) is 196 cm³/mol. The van der Waals surface area contributed by atoms with Gasteiger partial charge in [-0.05, 0) is 54.7 Å². The van der Waals surface area contributed by atoms with E-state index in [1.54, 1.807) is 28.5 Å². The largest absolute Gasteiger partial charge is 0.472 e. The zero-order valence-corrected chi connectivity index (χ0v) is 31.1. The van der Waals surface area contributed by atoms with Gasteiger partial charge in [-0.15, -0.1) is 17.9 Å². The molecule has 6 bridgehead atoms. The summed E-state index contributed by atoms with van der Waals surface area (Å²) in [6.45, 7) is 12.3. The van der Waals surface area contributed by atoms with Crippen molar-refractivity contribution >= 4 is 55.9 Å². The number of aromatic nitrogens is 2. The lowest BCUT2D eigenvalue weighted by atomic mass is 9.86. The zero-order chi connectivity index (χ0) is 36.3. The van der Waals surface area contributed by atoms with Crippen LogP contribution in [0.3, 0.4) is 0 Å². The van der Waals surface area contributed by atoms with E-state index < -0.39 is 56.6 Å². The average molecular weight is 732 g/mol. The van der Waals surface area contributed by atoms with Crippen LogP contribution in [0, 0.1) is 17.8 Å². The third kappa shape index (κ3) is 6.94. The fourth-order valence-corrected chi connectivity index (χ4v) is 9.64. The Morgan fingerprint density at radius 3 is 2.69 bits per heavy atom. The molecule has 2 aliphatic heterocycles. The average Bonchev–Trinajstić information content (AvgIpc) is 3.97. The number of hydrogen-bond donors (Lipinski definition) is 2. The van der Waals surface area contributed by atoms with Gasteiger partial charge in [0.25, 0.3) is 5.91 Å². The number of ether oxygens (including phenoxy) is 1. The summed E-state index contributed by atoms with van der Waals surface area (Å²) < 4.78 is 34.1. The van der Waals surface area contributed by atoms with Gasteiger partial charge in [-0.3, -0.25) is 19.1 Å². The minimum atomic E-state index is -3.85. The summed E-state index contributed by atoms with van der Waals surface area (Å²) in [5, 5.41) is 6.97. The first-order valence-corrected chi connectivity index (χ1v) is 20.1. The highest BCUT2D eigenvalue weighted by atomic mass is 32.2. The van der Waals surface area contributed by atoms with Crippen molar-refractivity contribution in [2.24, 2.45) is 17.8 Å². The first-order chi connectivity index (χ1) is 24.2. The first-order valence-electron chi connectivity index (χ1n) is 17.7. The summed E-state index contributed by atoms with van der Waals surface area (Å²) in [4.78, 5) is 53.5. The number of nitrogens with zero attached hydrogens (tertiary/aromatic N) is 3. The molecular formula is C38H45N5O6S2. The van der Waals surface area contributed by atoms with Crippen molar-refractivity contribution in [2.75, 3.05) is 6.54 Å². The number of carbonyl (C=O) groups excluding carboxylic acids is 3. The normalized spacial score (nSPS) is 28.1. The highest BCUT2D eigenvalue weighted by molar-refractivity contribution is 7.91. The van der Waals surface area contributed by atoms with Crippen molar-refractivity contribution in [1.29, 1.82) is 0 Å². The van der Waals surface area contributed by atoms with Gasteiger partial charge in [0, 0.05) is 47.1 Å². The van der Waals surface area contributed by atoms with Crippen LogP contribution in [0.5, 0.6) is 5.88 Å². The van der Waals surface area contributed by atoms with Gasteiger partial charge in [0.15, 0.2) is 0 Å². The van der Waals surface area contributed by atoms with Crippen molar-refractivity contribution in [3.05, 3.63) is 70.8 Å². The van der Waals surface area contributed by atoms with E-state index in [-0.39, 0.29) is 36.6 Å². The lowest BCUT2D eigenvalue weighted by molar-refractivity contribution is -0.143. The van der Waals surface area contributed by atoms with Crippen LogP contribution in [0.2, 0.25) is 0 Å². The number of amides is 3. The minimum absolute atomic E-state index is 0.0634. The topological polar surface area (TPSA) is 148 Å². The number of pyridine rings is 1. The number of hydrogen-bond acceptors (Lipinski definition) is 9. The molecule has 3 amide bonds. The molecule has 2 saturated carbocycles. The maximum absolute atomic E-state index is 14.6. The van der Waals surface area contributed by atoms with Crippen LogP contribution in [0.15, 0.2) is 54.6 Å². The van der Waals surface area contributed by atoms with E-state index in [0.717, 1.165) is 33.5 Å².